The molecule has 2 aliphatic rings. The Labute approximate surface area is 205 Å². The average molecular weight is 485 g/mol. The Morgan fingerprint density at radius 2 is 1.89 bits per heavy atom. The number of nitrogens with one attached hydrogen (secondary N) is 3. The van der Waals surface area contributed by atoms with Crippen LogP contribution in [0, 0.1) is 0 Å². The second kappa shape index (κ2) is 11.7. The summed E-state index contributed by atoms with van der Waals surface area (Å²) >= 11 is 0. The van der Waals surface area contributed by atoms with E-state index in [0.29, 0.717) is 19.8 Å². The minimum atomic E-state index is -0.877. The van der Waals surface area contributed by atoms with Gasteiger partial charge in [-0.15, -0.1) is 0 Å². The Morgan fingerprint density at radius 3 is 2.63 bits per heavy atom. The molecule has 2 fully saturated rings. The van der Waals surface area contributed by atoms with E-state index in [4.69, 9.17) is 9.47 Å². The summed E-state index contributed by atoms with van der Waals surface area (Å²) in [6.07, 6.45) is 7.70. The Hall–Kier alpha value is -2.91. The minimum absolute atomic E-state index is 0.0598. The lowest BCUT2D eigenvalue weighted by molar-refractivity contribution is -0.151. The number of amides is 2. The molecule has 0 spiro atoms. The zero-order valence-electron chi connectivity index (χ0n) is 20.4. The molecule has 4 rings (SSSR count). The van der Waals surface area contributed by atoms with Gasteiger partial charge in [0.05, 0.1) is 13.2 Å². The van der Waals surface area contributed by atoms with Gasteiger partial charge < -0.3 is 25.1 Å². The average Bonchev–Trinajstić information content (AvgIpc) is 3.29. The summed E-state index contributed by atoms with van der Waals surface area (Å²) in [5.74, 6) is -1.28. The summed E-state index contributed by atoms with van der Waals surface area (Å²) in [5, 5.41) is 6.65. The van der Waals surface area contributed by atoms with Crippen molar-refractivity contribution in [1.82, 2.24) is 20.5 Å². The van der Waals surface area contributed by atoms with E-state index in [1.54, 1.807) is 0 Å². The zero-order chi connectivity index (χ0) is 24.7. The first-order chi connectivity index (χ1) is 17.0. The molecular formula is C26H36N4O5. The summed E-state index contributed by atoms with van der Waals surface area (Å²) in [6, 6.07) is 6.88. The van der Waals surface area contributed by atoms with Gasteiger partial charge >= 0.3 is 5.97 Å². The number of carbonyl (C=O) groups excluding carboxylic acids is 3. The summed E-state index contributed by atoms with van der Waals surface area (Å²) < 4.78 is 10.9. The van der Waals surface area contributed by atoms with Crippen molar-refractivity contribution in [3.8, 4) is 0 Å². The zero-order valence-corrected chi connectivity index (χ0v) is 20.4. The van der Waals surface area contributed by atoms with Crippen molar-refractivity contribution in [3.05, 3.63) is 36.0 Å². The monoisotopic (exact) mass is 484 g/mol. The number of carbonyl (C=O) groups is 3. The molecule has 1 aromatic heterocycles. The van der Waals surface area contributed by atoms with Gasteiger partial charge in [0.1, 0.15) is 6.04 Å². The molecule has 1 saturated heterocycles. The SMILES string of the molecule is CC(=O)N[C@@H](Cc1c[nH]c2ccccc12)C(=O)OCC(=O)NCC1(N2CCOCC2)CCCCC1. The van der Waals surface area contributed by atoms with Crippen LogP contribution in [-0.2, 0) is 30.3 Å². The molecule has 2 heterocycles. The van der Waals surface area contributed by atoms with Gasteiger partial charge in [0.15, 0.2) is 6.61 Å². The van der Waals surface area contributed by atoms with E-state index < -0.39 is 12.0 Å². The second-order valence-corrected chi connectivity index (χ2v) is 9.59. The van der Waals surface area contributed by atoms with Crippen LogP contribution in [0.25, 0.3) is 10.9 Å². The molecule has 35 heavy (non-hydrogen) atoms. The third-order valence-electron chi connectivity index (χ3n) is 7.19. The van der Waals surface area contributed by atoms with Gasteiger partial charge in [0.2, 0.25) is 5.91 Å². The molecule has 0 bridgehead atoms. The van der Waals surface area contributed by atoms with E-state index in [9.17, 15) is 14.4 Å². The van der Waals surface area contributed by atoms with Gasteiger partial charge in [-0.2, -0.15) is 0 Å². The first-order valence-electron chi connectivity index (χ1n) is 12.6. The number of H-pyrrole nitrogens is 1. The summed E-state index contributed by atoms with van der Waals surface area (Å²) in [7, 11) is 0. The number of aromatic amines is 1. The first-order valence-corrected chi connectivity index (χ1v) is 12.6. The summed E-state index contributed by atoms with van der Waals surface area (Å²) in [6.45, 7) is 4.70. The molecule has 190 valence electrons. The van der Waals surface area contributed by atoms with E-state index in [2.05, 4.69) is 20.5 Å². The molecule has 1 aromatic carbocycles. The molecule has 3 N–H and O–H groups in total. The first kappa shape index (κ1) is 25.2. The van der Waals surface area contributed by atoms with Gasteiger partial charge in [-0.1, -0.05) is 37.5 Å². The highest BCUT2D eigenvalue weighted by Gasteiger charge is 2.38. The number of morpholine rings is 1. The van der Waals surface area contributed by atoms with Gasteiger partial charge in [-0.25, -0.2) is 4.79 Å². The van der Waals surface area contributed by atoms with Crippen molar-refractivity contribution in [2.75, 3.05) is 39.5 Å². The minimum Gasteiger partial charge on any atom is -0.454 e. The van der Waals surface area contributed by atoms with Crippen LogP contribution in [0.1, 0.15) is 44.6 Å². The normalized spacial score (nSPS) is 19.1. The summed E-state index contributed by atoms with van der Waals surface area (Å²) in [5.41, 5.74) is 1.79. The van der Waals surface area contributed by atoms with Crippen molar-refractivity contribution >= 4 is 28.7 Å². The molecule has 1 atom stereocenters. The van der Waals surface area contributed by atoms with Crippen LogP contribution in [-0.4, -0.2) is 78.7 Å². The maximum Gasteiger partial charge on any atom is 0.329 e. The molecule has 1 aliphatic heterocycles. The summed E-state index contributed by atoms with van der Waals surface area (Å²) in [4.78, 5) is 42.8. The van der Waals surface area contributed by atoms with E-state index >= 15 is 0 Å². The highest BCUT2D eigenvalue weighted by Crippen LogP contribution is 2.33. The fraction of sp³-hybridized carbons (Fsp3) is 0.577. The lowest BCUT2D eigenvalue weighted by Crippen LogP contribution is -2.60. The van der Waals surface area contributed by atoms with Gasteiger partial charge in [-0.05, 0) is 24.5 Å². The molecule has 2 aromatic rings. The molecule has 2 amide bonds. The van der Waals surface area contributed by atoms with Gasteiger partial charge in [0, 0.05) is 55.6 Å². The number of nitrogens with zero attached hydrogens (tertiary/aromatic N) is 1. The second-order valence-electron chi connectivity index (χ2n) is 9.59. The lowest BCUT2D eigenvalue weighted by atomic mass is 9.79. The quantitative estimate of drug-likeness (QED) is 0.469. The maximum atomic E-state index is 12.8. The number of aromatic nitrogens is 1. The van der Waals surface area contributed by atoms with E-state index in [-0.39, 0.29) is 30.4 Å². The van der Waals surface area contributed by atoms with Crippen LogP contribution in [0.2, 0.25) is 0 Å². The molecule has 9 heteroatoms. The number of esters is 1. The molecule has 9 nitrogen and oxygen atoms in total. The number of hydrogen-bond acceptors (Lipinski definition) is 6. The largest absolute Gasteiger partial charge is 0.454 e. The third-order valence-corrected chi connectivity index (χ3v) is 7.19. The Kier molecular flexibility index (Phi) is 8.41. The molecule has 1 aliphatic carbocycles. The number of para-hydroxylation sites is 1. The van der Waals surface area contributed by atoms with Gasteiger partial charge in [0.25, 0.3) is 5.91 Å². The highest BCUT2D eigenvalue weighted by molar-refractivity contribution is 5.88. The van der Waals surface area contributed by atoms with E-state index in [1.807, 2.05) is 30.5 Å². The Balaban J connectivity index is 1.32. The van der Waals surface area contributed by atoms with Crippen LogP contribution >= 0.6 is 0 Å². The maximum absolute atomic E-state index is 12.8. The van der Waals surface area contributed by atoms with Crippen molar-refractivity contribution < 1.29 is 23.9 Å². The number of fused-ring (bicyclic) bond motifs is 1. The van der Waals surface area contributed by atoms with Crippen molar-refractivity contribution in [3.63, 3.8) is 0 Å². The molecule has 0 unspecified atom stereocenters. The van der Waals surface area contributed by atoms with E-state index in [1.165, 1.54) is 13.3 Å². The Morgan fingerprint density at radius 1 is 1.14 bits per heavy atom. The third kappa shape index (κ3) is 6.41. The van der Waals surface area contributed by atoms with Crippen LogP contribution < -0.4 is 10.6 Å². The molecule has 1 saturated carbocycles. The van der Waals surface area contributed by atoms with Crippen LogP contribution in [0.5, 0.6) is 0 Å². The van der Waals surface area contributed by atoms with Crippen molar-refractivity contribution in [2.45, 2.75) is 57.0 Å². The van der Waals surface area contributed by atoms with Gasteiger partial charge in [-0.3, -0.25) is 14.5 Å². The lowest BCUT2D eigenvalue weighted by Gasteiger charge is -2.48. The number of ether oxygens (including phenoxy) is 2. The predicted octanol–water partition coefficient (Wildman–Crippen LogP) is 1.91. The fourth-order valence-electron chi connectivity index (χ4n) is 5.36. The molecule has 0 radical (unpaired) electrons. The Bertz CT molecular complexity index is 1020. The van der Waals surface area contributed by atoms with E-state index in [0.717, 1.165) is 55.2 Å². The number of benzene rings is 1. The predicted molar refractivity (Wildman–Crippen MR) is 132 cm³/mol. The smallest absolute Gasteiger partial charge is 0.329 e. The van der Waals surface area contributed by atoms with Crippen molar-refractivity contribution in [1.29, 1.82) is 0 Å². The number of rotatable bonds is 9. The number of hydrogen-bond donors (Lipinski definition) is 3. The molecular weight excluding hydrogens is 448 g/mol. The van der Waals surface area contributed by atoms with Crippen LogP contribution in [0.15, 0.2) is 30.5 Å². The topological polar surface area (TPSA) is 113 Å². The highest BCUT2D eigenvalue weighted by atomic mass is 16.5. The van der Waals surface area contributed by atoms with Crippen molar-refractivity contribution in [2.24, 2.45) is 0 Å². The van der Waals surface area contributed by atoms with Crippen LogP contribution in [0.3, 0.4) is 0 Å². The fourth-order valence-corrected chi connectivity index (χ4v) is 5.36. The standard InChI is InChI=1S/C26H36N4O5/c1-19(31)29-23(15-20-16-27-22-8-4-3-7-21(20)22)25(33)35-17-24(32)28-18-26(9-5-2-6-10-26)30-11-13-34-14-12-30/h3-4,7-8,16,23,27H,2,5-6,9-15,17-18H2,1H3,(H,28,32)(H,29,31)/t23-/m0/s1. The van der Waals surface area contributed by atoms with Crippen LogP contribution in [0.4, 0.5) is 0 Å².